The molecule has 0 aromatic rings. The van der Waals surface area contributed by atoms with E-state index in [1.165, 1.54) is 0 Å². The van der Waals surface area contributed by atoms with Crippen molar-refractivity contribution in [2.75, 3.05) is 13.1 Å². The van der Waals surface area contributed by atoms with Crippen molar-refractivity contribution in [2.45, 2.75) is 37.3 Å². The Morgan fingerprint density at radius 2 is 2.15 bits per heavy atom. The fourth-order valence-corrected chi connectivity index (χ4v) is 1.99. The highest BCUT2D eigenvalue weighted by atomic mass is 16.4. The van der Waals surface area contributed by atoms with Gasteiger partial charge in [-0.2, -0.15) is 0 Å². The molecule has 1 aliphatic heterocycles. The molecule has 0 bridgehead atoms. The molecule has 0 aromatic heterocycles. The molecule has 2 rings (SSSR count). The monoisotopic (exact) mass is 185 g/mol. The van der Waals surface area contributed by atoms with Gasteiger partial charge in [0.05, 0.1) is 0 Å². The molecule has 0 radical (unpaired) electrons. The quantitative estimate of drug-likeness (QED) is 0.638. The van der Waals surface area contributed by atoms with E-state index in [-0.39, 0.29) is 0 Å². The summed E-state index contributed by atoms with van der Waals surface area (Å²) in [6.45, 7) is 1.26. The van der Waals surface area contributed by atoms with E-state index in [9.17, 15) is 9.90 Å². The molecule has 1 saturated carbocycles. The van der Waals surface area contributed by atoms with Crippen molar-refractivity contribution in [1.29, 1.82) is 0 Å². The highest BCUT2D eigenvalue weighted by Crippen LogP contribution is 2.32. The molecule has 13 heavy (non-hydrogen) atoms. The fourth-order valence-electron chi connectivity index (χ4n) is 1.99. The summed E-state index contributed by atoms with van der Waals surface area (Å²) < 4.78 is 0. The fraction of sp³-hybridized carbons (Fsp3) is 0.889. The third-order valence-electron chi connectivity index (χ3n) is 2.96. The van der Waals surface area contributed by atoms with E-state index < -0.39 is 11.6 Å². The van der Waals surface area contributed by atoms with Crippen LogP contribution in [-0.4, -0.2) is 45.8 Å². The van der Waals surface area contributed by atoms with Crippen molar-refractivity contribution < 1.29 is 15.0 Å². The Kier molecular flexibility index (Phi) is 2.04. The summed E-state index contributed by atoms with van der Waals surface area (Å²) in [5, 5.41) is 18.6. The lowest BCUT2D eigenvalue weighted by molar-refractivity contribution is -0.164. The van der Waals surface area contributed by atoms with E-state index in [0.29, 0.717) is 19.0 Å². The molecule has 4 nitrogen and oxygen atoms in total. The minimum atomic E-state index is -1.49. The standard InChI is InChI=1S/C9H15NO3/c11-8(12)9(13)4-1-5-10(6-9)7-2-3-7/h7,13H,1-6H2,(H,11,12). The summed E-state index contributed by atoms with van der Waals surface area (Å²) in [6, 6.07) is 0.547. The third-order valence-corrected chi connectivity index (χ3v) is 2.96. The second-order valence-corrected chi connectivity index (χ2v) is 4.14. The van der Waals surface area contributed by atoms with Gasteiger partial charge in [-0.1, -0.05) is 0 Å². The smallest absolute Gasteiger partial charge is 0.337 e. The van der Waals surface area contributed by atoms with Crippen molar-refractivity contribution in [3.05, 3.63) is 0 Å². The maximum atomic E-state index is 10.8. The Labute approximate surface area is 77.2 Å². The number of piperidine rings is 1. The van der Waals surface area contributed by atoms with Crippen LogP contribution >= 0.6 is 0 Å². The van der Waals surface area contributed by atoms with Crippen LogP contribution in [0.4, 0.5) is 0 Å². The number of rotatable bonds is 2. The van der Waals surface area contributed by atoms with Crippen LogP contribution in [0.25, 0.3) is 0 Å². The molecule has 1 unspecified atom stereocenters. The molecule has 2 aliphatic rings. The number of carbonyl (C=O) groups is 1. The zero-order valence-corrected chi connectivity index (χ0v) is 7.57. The number of aliphatic hydroxyl groups is 1. The molecule has 1 atom stereocenters. The van der Waals surface area contributed by atoms with E-state index in [1.54, 1.807) is 0 Å². The number of hydrogen-bond donors (Lipinski definition) is 2. The Balaban J connectivity index is 2.01. The lowest BCUT2D eigenvalue weighted by Gasteiger charge is -2.36. The molecule has 2 N–H and O–H groups in total. The summed E-state index contributed by atoms with van der Waals surface area (Å²) in [4.78, 5) is 12.9. The topological polar surface area (TPSA) is 60.8 Å². The molecule has 1 heterocycles. The van der Waals surface area contributed by atoms with Crippen LogP contribution in [0.3, 0.4) is 0 Å². The zero-order valence-electron chi connectivity index (χ0n) is 7.57. The first kappa shape index (κ1) is 8.97. The predicted molar refractivity (Wildman–Crippen MR) is 46.4 cm³/mol. The molecule has 1 aliphatic carbocycles. The Morgan fingerprint density at radius 1 is 1.46 bits per heavy atom. The van der Waals surface area contributed by atoms with E-state index in [4.69, 9.17) is 5.11 Å². The van der Waals surface area contributed by atoms with Crippen LogP contribution in [0, 0.1) is 0 Å². The maximum absolute atomic E-state index is 10.8. The summed E-state index contributed by atoms with van der Waals surface area (Å²) in [7, 11) is 0. The van der Waals surface area contributed by atoms with Gasteiger partial charge in [0, 0.05) is 12.6 Å². The van der Waals surface area contributed by atoms with Gasteiger partial charge >= 0.3 is 5.97 Å². The average molecular weight is 185 g/mol. The molecule has 4 heteroatoms. The summed E-state index contributed by atoms with van der Waals surface area (Å²) >= 11 is 0. The van der Waals surface area contributed by atoms with Gasteiger partial charge in [-0.3, -0.25) is 4.90 Å². The van der Waals surface area contributed by atoms with Crippen LogP contribution in [0.1, 0.15) is 25.7 Å². The van der Waals surface area contributed by atoms with Gasteiger partial charge < -0.3 is 10.2 Å². The minimum Gasteiger partial charge on any atom is -0.479 e. The summed E-state index contributed by atoms with van der Waals surface area (Å²) in [5.74, 6) is -1.07. The van der Waals surface area contributed by atoms with Crippen molar-refractivity contribution in [1.82, 2.24) is 4.90 Å². The van der Waals surface area contributed by atoms with Gasteiger partial charge in [-0.25, -0.2) is 4.79 Å². The third kappa shape index (κ3) is 1.69. The molecule has 0 aromatic carbocycles. The number of likely N-dealkylation sites (tertiary alicyclic amines) is 1. The number of β-amino-alcohol motifs (C(OH)–C–C–N with tert-alkyl or cyclic N) is 1. The second kappa shape index (κ2) is 2.96. The molecule has 1 saturated heterocycles. The maximum Gasteiger partial charge on any atom is 0.337 e. The number of aliphatic carboxylic acids is 1. The molecule has 0 spiro atoms. The van der Waals surface area contributed by atoms with Crippen molar-refractivity contribution in [3.63, 3.8) is 0 Å². The first-order valence-electron chi connectivity index (χ1n) is 4.82. The Bertz CT molecular complexity index is 227. The van der Waals surface area contributed by atoms with E-state index in [0.717, 1.165) is 25.8 Å². The Morgan fingerprint density at radius 3 is 2.69 bits per heavy atom. The van der Waals surface area contributed by atoms with Crippen LogP contribution in [-0.2, 0) is 4.79 Å². The van der Waals surface area contributed by atoms with E-state index in [2.05, 4.69) is 4.90 Å². The summed E-state index contributed by atoms with van der Waals surface area (Å²) in [6.07, 6.45) is 3.51. The van der Waals surface area contributed by atoms with E-state index in [1.807, 2.05) is 0 Å². The van der Waals surface area contributed by atoms with Crippen molar-refractivity contribution >= 4 is 5.97 Å². The SMILES string of the molecule is O=C(O)C1(O)CCCN(C2CC2)C1. The van der Waals surface area contributed by atoms with Gasteiger partial charge in [0.1, 0.15) is 0 Å². The Hall–Kier alpha value is -0.610. The van der Waals surface area contributed by atoms with Crippen molar-refractivity contribution in [3.8, 4) is 0 Å². The molecular formula is C9H15NO3. The molecular weight excluding hydrogens is 170 g/mol. The van der Waals surface area contributed by atoms with Gasteiger partial charge in [0.15, 0.2) is 5.60 Å². The number of nitrogens with zero attached hydrogens (tertiary/aromatic N) is 1. The first-order valence-corrected chi connectivity index (χ1v) is 4.82. The molecule has 0 amide bonds. The average Bonchev–Trinajstić information content (AvgIpc) is 2.86. The summed E-state index contributed by atoms with van der Waals surface area (Å²) in [5.41, 5.74) is -1.49. The second-order valence-electron chi connectivity index (χ2n) is 4.14. The predicted octanol–water partition coefficient (Wildman–Crippen LogP) is 0.0603. The van der Waals surface area contributed by atoms with Crippen LogP contribution in [0.15, 0.2) is 0 Å². The largest absolute Gasteiger partial charge is 0.479 e. The first-order chi connectivity index (χ1) is 6.12. The van der Waals surface area contributed by atoms with Crippen LogP contribution in [0.5, 0.6) is 0 Å². The number of carboxylic acids is 1. The van der Waals surface area contributed by atoms with Gasteiger partial charge in [0.2, 0.25) is 0 Å². The number of hydrogen-bond acceptors (Lipinski definition) is 3. The van der Waals surface area contributed by atoms with Crippen molar-refractivity contribution in [2.24, 2.45) is 0 Å². The van der Waals surface area contributed by atoms with Crippen LogP contribution in [0.2, 0.25) is 0 Å². The highest BCUT2D eigenvalue weighted by molar-refractivity contribution is 5.77. The van der Waals surface area contributed by atoms with E-state index >= 15 is 0 Å². The highest BCUT2D eigenvalue weighted by Gasteiger charge is 2.43. The molecule has 74 valence electrons. The number of carboxylic acid groups (broad SMARTS) is 1. The lowest BCUT2D eigenvalue weighted by atomic mass is 9.93. The van der Waals surface area contributed by atoms with Crippen LogP contribution < -0.4 is 0 Å². The molecule has 2 fully saturated rings. The zero-order chi connectivity index (χ0) is 9.47. The van der Waals surface area contributed by atoms with Gasteiger partial charge in [0.25, 0.3) is 0 Å². The van der Waals surface area contributed by atoms with Gasteiger partial charge in [-0.05, 0) is 32.2 Å². The minimum absolute atomic E-state index is 0.312. The normalized spacial score (nSPS) is 36.1. The lowest BCUT2D eigenvalue weighted by Crippen LogP contribution is -2.53. The van der Waals surface area contributed by atoms with Gasteiger partial charge in [-0.15, -0.1) is 0 Å².